The third-order valence-corrected chi connectivity index (χ3v) is 4.78. The van der Waals surface area contributed by atoms with Crippen LogP contribution in [0, 0.1) is 0 Å². The van der Waals surface area contributed by atoms with Crippen LogP contribution in [0.4, 0.5) is 0 Å². The van der Waals surface area contributed by atoms with E-state index in [1.165, 1.54) is 11.7 Å². The Morgan fingerprint density at radius 2 is 1.75 bits per heavy atom. The van der Waals surface area contributed by atoms with E-state index in [1.54, 1.807) is 0 Å². The number of hydrogen-bond acceptors (Lipinski definition) is 0. The highest BCUT2D eigenvalue weighted by Crippen LogP contribution is 2.40. The van der Waals surface area contributed by atoms with Gasteiger partial charge >= 0.3 is 0 Å². The van der Waals surface area contributed by atoms with Crippen molar-refractivity contribution in [1.29, 1.82) is 0 Å². The summed E-state index contributed by atoms with van der Waals surface area (Å²) in [7, 11) is 0.184. The molecule has 1 aromatic rings. The van der Waals surface area contributed by atoms with Crippen molar-refractivity contribution in [2.45, 2.75) is 25.7 Å². The molecule has 0 N–H and O–H groups in total. The average Bonchev–Trinajstić information content (AvgIpc) is 2.06. The quantitative estimate of drug-likeness (QED) is 0.622. The minimum absolute atomic E-state index is 0.184. The molecule has 0 aromatic heterocycles. The molecule has 0 nitrogen and oxygen atoms in total. The minimum atomic E-state index is 0.184. The number of rotatable bonds is 3. The van der Waals surface area contributed by atoms with Gasteiger partial charge in [-0.1, -0.05) is 44.2 Å². The molecule has 0 aliphatic rings. The van der Waals surface area contributed by atoms with Crippen LogP contribution in [-0.2, 0) is 6.16 Å². The topological polar surface area (TPSA) is 0 Å². The van der Waals surface area contributed by atoms with Crippen molar-refractivity contribution >= 4 is 7.92 Å². The Bertz CT molecular complexity index is 216. The van der Waals surface area contributed by atoms with E-state index in [2.05, 4.69) is 50.8 Å². The lowest BCUT2D eigenvalue weighted by molar-refractivity contribution is 1.08. The molecule has 66 valence electrons. The predicted octanol–water partition coefficient (Wildman–Crippen LogP) is 3.71. The van der Waals surface area contributed by atoms with Crippen molar-refractivity contribution in [2.75, 3.05) is 6.66 Å². The van der Waals surface area contributed by atoms with E-state index >= 15 is 0 Å². The van der Waals surface area contributed by atoms with Crippen molar-refractivity contribution in [1.82, 2.24) is 0 Å². The van der Waals surface area contributed by atoms with Gasteiger partial charge in [0.15, 0.2) is 0 Å². The van der Waals surface area contributed by atoms with E-state index in [0.29, 0.717) is 0 Å². The molecule has 1 heteroatoms. The van der Waals surface area contributed by atoms with E-state index in [1.807, 2.05) is 0 Å². The van der Waals surface area contributed by atoms with Crippen molar-refractivity contribution < 1.29 is 0 Å². The van der Waals surface area contributed by atoms with Crippen LogP contribution in [0.15, 0.2) is 30.3 Å². The number of benzene rings is 1. The first-order chi connectivity index (χ1) is 5.70. The normalized spacial score (nSPS) is 13.3. The van der Waals surface area contributed by atoms with E-state index < -0.39 is 0 Å². The zero-order chi connectivity index (χ0) is 8.97. The summed E-state index contributed by atoms with van der Waals surface area (Å²) < 4.78 is 0. The van der Waals surface area contributed by atoms with Gasteiger partial charge in [0.25, 0.3) is 0 Å². The summed E-state index contributed by atoms with van der Waals surface area (Å²) in [5.74, 6) is 0. The molecule has 0 spiro atoms. The maximum absolute atomic E-state index is 2.38. The standard InChI is InChI=1S/C11H17P/c1-10(2)12(3)9-11-7-5-4-6-8-11/h4-8,10H,9H2,1-3H3. The molecule has 0 amide bonds. The summed E-state index contributed by atoms with van der Waals surface area (Å²) >= 11 is 0. The molecule has 0 aliphatic carbocycles. The highest BCUT2D eigenvalue weighted by Gasteiger charge is 2.05. The second-order valence-corrected chi connectivity index (χ2v) is 6.36. The van der Waals surface area contributed by atoms with Gasteiger partial charge in [-0.2, -0.15) is 0 Å². The van der Waals surface area contributed by atoms with E-state index in [0.717, 1.165) is 5.66 Å². The largest absolute Gasteiger partial charge is 0.103 e. The first-order valence-corrected chi connectivity index (χ1v) is 6.48. The van der Waals surface area contributed by atoms with Gasteiger partial charge in [0.2, 0.25) is 0 Å². The zero-order valence-electron chi connectivity index (χ0n) is 8.12. The minimum Gasteiger partial charge on any atom is -0.103 e. The molecule has 0 radical (unpaired) electrons. The van der Waals surface area contributed by atoms with E-state index in [4.69, 9.17) is 0 Å². The fraction of sp³-hybridized carbons (Fsp3) is 0.455. The smallest absolute Gasteiger partial charge is 0.00733 e. The highest BCUT2D eigenvalue weighted by atomic mass is 31.1. The highest BCUT2D eigenvalue weighted by molar-refractivity contribution is 7.56. The molecule has 1 atom stereocenters. The van der Waals surface area contributed by atoms with Crippen LogP contribution in [0.1, 0.15) is 19.4 Å². The fourth-order valence-corrected chi connectivity index (χ4v) is 2.21. The lowest BCUT2D eigenvalue weighted by Crippen LogP contribution is -1.93. The van der Waals surface area contributed by atoms with Gasteiger partial charge in [0, 0.05) is 0 Å². The van der Waals surface area contributed by atoms with Crippen LogP contribution in [0.25, 0.3) is 0 Å². The molecule has 1 rings (SSSR count). The molecule has 12 heavy (non-hydrogen) atoms. The summed E-state index contributed by atoms with van der Waals surface area (Å²) in [6.07, 6.45) is 1.27. The second-order valence-electron chi connectivity index (χ2n) is 3.49. The maximum atomic E-state index is 2.38. The fourth-order valence-electron chi connectivity index (χ4n) is 1.05. The summed E-state index contributed by atoms with van der Waals surface area (Å²) in [6, 6.07) is 10.8. The molecule has 1 aromatic carbocycles. The Balaban J connectivity index is 2.53. The third-order valence-electron chi connectivity index (χ3n) is 2.16. The predicted molar refractivity (Wildman–Crippen MR) is 58.1 cm³/mol. The number of hydrogen-bond donors (Lipinski definition) is 0. The summed E-state index contributed by atoms with van der Waals surface area (Å²) in [5, 5.41) is 0. The van der Waals surface area contributed by atoms with E-state index in [9.17, 15) is 0 Å². The average molecular weight is 180 g/mol. The molecule has 0 saturated carbocycles. The van der Waals surface area contributed by atoms with Crippen LogP contribution < -0.4 is 0 Å². The Labute approximate surface area is 76.8 Å². The zero-order valence-corrected chi connectivity index (χ0v) is 9.01. The molecule has 0 fully saturated rings. The first-order valence-electron chi connectivity index (χ1n) is 4.44. The van der Waals surface area contributed by atoms with Gasteiger partial charge < -0.3 is 0 Å². The van der Waals surface area contributed by atoms with E-state index in [-0.39, 0.29) is 7.92 Å². The molecule has 0 aliphatic heterocycles. The van der Waals surface area contributed by atoms with Crippen LogP contribution >= 0.6 is 7.92 Å². The second kappa shape index (κ2) is 4.62. The SMILES string of the molecule is CC(C)P(C)Cc1ccccc1. The van der Waals surface area contributed by atoms with Crippen molar-refractivity contribution in [2.24, 2.45) is 0 Å². The summed E-state index contributed by atoms with van der Waals surface area (Å²) in [6.45, 7) is 7.01. The van der Waals surface area contributed by atoms with Gasteiger partial charge in [0.1, 0.15) is 0 Å². The first kappa shape index (κ1) is 9.74. The van der Waals surface area contributed by atoms with Crippen LogP contribution in [-0.4, -0.2) is 12.3 Å². The van der Waals surface area contributed by atoms with Gasteiger partial charge in [0.05, 0.1) is 0 Å². The van der Waals surface area contributed by atoms with Crippen LogP contribution in [0.5, 0.6) is 0 Å². The third kappa shape index (κ3) is 2.95. The van der Waals surface area contributed by atoms with Gasteiger partial charge in [-0.15, -0.1) is 7.92 Å². The van der Waals surface area contributed by atoms with Crippen LogP contribution in [0.3, 0.4) is 0 Å². The molecule has 0 heterocycles. The lowest BCUT2D eigenvalue weighted by Gasteiger charge is -2.15. The maximum Gasteiger partial charge on any atom is -0.00733 e. The van der Waals surface area contributed by atoms with Crippen molar-refractivity contribution in [3.8, 4) is 0 Å². The molecular formula is C11H17P. The van der Waals surface area contributed by atoms with Crippen LogP contribution in [0.2, 0.25) is 0 Å². The molecule has 1 unspecified atom stereocenters. The van der Waals surface area contributed by atoms with Gasteiger partial charge in [-0.05, 0) is 24.0 Å². The Morgan fingerprint density at radius 3 is 2.25 bits per heavy atom. The Morgan fingerprint density at radius 1 is 1.17 bits per heavy atom. The van der Waals surface area contributed by atoms with Crippen molar-refractivity contribution in [3.05, 3.63) is 35.9 Å². The summed E-state index contributed by atoms with van der Waals surface area (Å²) in [4.78, 5) is 0. The molecule has 0 saturated heterocycles. The summed E-state index contributed by atoms with van der Waals surface area (Å²) in [5.41, 5.74) is 2.33. The lowest BCUT2D eigenvalue weighted by atomic mass is 10.2. The van der Waals surface area contributed by atoms with Gasteiger partial charge in [-0.3, -0.25) is 0 Å². The Hall–Kier alpha value is -0.350. The Kier molecular flexibility index (Phi) is 3.75. The monoisotopic (exact) mass is 180 g/mol. The van der Waals surface area contributed by atoms with Gasteiger partial charge in [-0.25, -0.2) is 0 Å². The molecule has 0 bridgehead atoms. The van der Waals surface area contributed by atoms with Crippen molar-refractivity contribution in [3.63, 3.8) is 0 Å². The molecular weight excluding hydrogens is 163 g/mol.